The van der Waals surface area contributed by atoms with Crippen LogP contribution in [0, 0.1) is 12.8 Å². The molecular weight excluding hydrogens is 258 g/mol. The highest BCUT2D eigenvalue weighted by Gasteiger charge is 2.42. The summed E-state index contributed by atoms with van der Waals surface area (Å²) in [5.74, 6) is -2.10. The van der Waals surface area contributed by atoms with Crippen LogP contribution >= 0.6 is 0 Å². The zero-order chi connectivity index (χ0) is 15.0. The van der Waals surface area contributed by atoms with E-state index in [0.717, 1.165) is 10.5 Å². The van der Waals surface area contributed by atoms with Crippen molar-refractivity contribution in [3.8, 4) is 0 Å². The van der Waals surface area contributed by atoms with Gasteiger partial charge in [0.1, 0.15) is 6.04 Å². The number of fused-ring (bicyclic) bond motifs is 1. The van der Waals surface area contributed by atoms with E-state index in [2.05, 4.69) is 0 Å². The van der Waals surface area contributed by atoms with Gasteiger partial charge in [-0.2, -0.15) is 0 Å². The highest BCUT2D eigenvalue weighted by molar-refractivity contribution is 6.22. The van der Waals surface area contributed by atoms with Crippen LogP contribution in [0.2, 0.25) is 0 Å². The van der Waals surface area contributed by atoms with Crippen molar-refractivity contribution in [2.45, 2.75) is 33.2 Å². The van der Waals surface area contributed by atoms with Gasteiger partial charge in [-0.3, -0.25) is 14.5 Å². The van der Waals surface area contributed by atoms with E-state index in [1.165, 1.54) is 0 Å². The Kier molecular flexibility index (Phi) is 3.61. The largest absolute Gasteiger partial charge is 0.480 e. The van der Waals surface area contributed by atoms with Crippen LogP contribution in [0.5, 0.6) is 0 Å². The van der Waals surface area contributed by atoms with Gasteiger partial charge in [-0.25, -0.2) is 4.79 Å². The molecule has 2 rings (SSSR count). The lowest BCUT2D eigenvalue weighted by atomic mass is 10.0. The number of carboxylic acids is 1. The fraction of sp³-hybridized carbons (Fsp3) is 0.400. The van der Waals surface area contributed by atoms with E-state index < -0.39 is 23.8 Å². The van der Waals surface area contributed by atoms with E-state index in [0.29, 0.717) is 5.56 Å². The third-order valence-electron chi connectivity index (χ3n) is 3.36. The highest BCUT2D eigenvalue weighted by Crippen LogP contribution is 2.27. The summed E-state index contributed by atoms with van der Waals surface area (Å²) < 4.78 is 0. The normalized spacial score (nSPS) is 15.7. The van der Waals surface area contributed by atoms with Crippen molar-refractivity contribution in [2.75, 3.05) is 0 Å². The number of aliphatic carboxylic acids is 1. The Bertz CT molecular complexity index is 592. The Hall–Kier alpha value is -2.17. The maximum Gasteiger partial charge on any atom is 0.326 e. The second-order valence-electron chi connectivity index (χ2n) is 5.51. The maximum atomic E-state index is 12.3. The van der Waals surface area contributed by atoms with Crippen LogP contribution in [0.25, 0.3) is 0 Å². The van der Waals surface area contributed by atoms with E-state index in [4.69, 9.17) is 0 Å². The van der Waals surface area contributed by atoms with Gasteiger partial charge in [0, 0.05) is 0 Å². The first-order chi connectivity index (χ1) is 9.32. The number of carbonyl (C=O) groups excluding carboxylic acids is 2. The molecule has 0 radical (unpaired) electrons. The fourth-order valence-electron chi connectivity index (χ4n) is 2.42. The number of aryl methyl sites for hydroxylation is 1. The van der Waals surface area contributed by atoms with Gasteiger partial charge in [-0.1, -0.05) is 25.5 Å². The average molecular weight is 275 g/mol. The number of hydrogen-bond donors (Lipinski definition) is 1. The molecular formula is C15H17NO4. The quantitative estimate of drug-likeness (QED) is 0.854. The molecule has 0 aliphatic carbocycles. The van der Waals surface area contributed by atoms with Crippen LogP contribution in [0.1, 0.15) is 46.5 Å². The number of amides is 2. The average Bonchev–Trinajstić information content (AvgIpc) is 2.58. The molecule has 0 fully saturated rings. The van der Waals surface area contributed by atoms with Gasteiger partial charge in [0.05, 0.1) is 11.1 Å². The number of carboxylic acid groups (broad SMARTS) is 1. The summed E-state index contributed by atoms with van der Waals surface area (Å²) >= 11 is 0. The Balaban J connectivity index is 2.42. The number of benzene rings is 1. The molecule has 20 heavy (non-hydrogen) atoms. The summed E-state index contributed by atoms with van der Waals surface area (Å²) in [6.07, 6.45) is 0.250. The van der Waals surface area contributed by atoms with Gasteiger partial charge in [-0.05, 0) is 31.4 Å². The lowest BCUT2D eigenvalue weighted by molar-refractivity contribution is -0.142. The van der Waals surface area contributed by atoms with Crippen molar-refractivity contribution >= 4 is 17.8 Å². The molecule has 1 aliphatic heterocycles. The predicted octanol–water partition coefficient (Wildman–Crippen LogP) is 2.09. The monoisotopic (exact) mass is 275 g/mol. The molecule has 1 heterocycles. The zero-order valence-corrected chi connectivity index (χ0v) is 11.7. The number of rotatable bonds is 4. The van der Waals surface area contributed by atoms with E-state index in [1.807, 2.05) is 20.8 Å². The van der Waals surface area contributed by atoms with Gasteiger partial charge < -0.3 is 5.11 Å². The minimum Gasteiger partial charge on any atom is -0.480 e. The molecule has 2 amide bonds. The topological polar surface area (TPSA) is 74.7 Å². The van der Waals surface area contributed by atoms with Gasteiger partial charge >= 0.3 is 5.97 Å². The molecule has 0 spiro atoms. The summed E-state index contributed by atoms with van der Waals surface area (Å²) in [4.78, 5) is 36.9. The molecule has 1 N–H and O–H groups in total. The van der Waals surface area contributed by atoms with Crippen LogP contribution in [0.15, 0.2) is 18.2 Å². The number of imide groups is 1. The molecule has 5 nitrogen and oxygen atoms in total. The summed E-state index contributed by atoms with van der Waals surface area (Å²) in [7, 11) is 0. The fourth-order valence-corrected chi connectivity index (χ4v) is 2.42. The molecule has 106 valence electrons. The van der Waals surface area contributed by atoms with Crippen molar-refractivity contribution < 1.29 is 19.5 Å². The Morgan fingerprint density at radius 1 is 1.20 bits per heavy atom. The molecule has 0 saturated carbocycles. The van der Waals surface area contributed by atoms with Crippen LogP contribution in [-0.4, -0.2) is 33.8 Å². The summed E-state index contributed by atoms with van der Waals surface area (Å²) in [6, 6.07) is 3.84. The highest BCUT2D eigenvalue weighted by atomic mass is 16.4. The molecule has 1 aromatic rings. The third kappa shape index (κ3) is 2.31. The second kappa shape index (κ2) is 5.07. The molecule has 5 heteroatoms. The molecule has 0 aromatic heterocycles. The smallest absolute Gasteiger partial charge is 0.326 e. The molecule has 1 unspecified atom stereocenters. The van der Waals surface area contributed by atoms with Crippen molar-refractivity contribution in [2.24, 2.45) is 5.92 Å². The van der Waals surface area contributed by atoms with Gasteiger partial charge in [0.25, 0.3) is 11.8 Å². The standard InChI is InChI=1S/C15H17NO4/c1-8(2)6-12(15(19)20)16-13(17)10-5-4-9(3)7-11(10)14(16)18/h4-5,7-8,12H,6H2,1-3H3,(H,19,20). The minimum atomic E-state index is -1.15. The molecule has 1 atom stereocenters. The number of hydrogen-bond acceptors (Lipinski definition) is 3. The SMILES string of the molecule is Cc1ccc2c(c1)C(=O)N(C(CC(C)C)C(=O)O)C2=O. The second-order valence-corrected chi connectivity index (χ2v) is 5.51. The van der Waals surface area contributed by atoms with Crippen molar-refractivity contribution in [3.63, 3.8) is 0 Å². The summed E-state index contributed by atoms with van der Waals surface area (Å²) in [5, 5.41) is 9.31. The van der Waals surface area contributed by atoms with Crippen LogP contribution in [0.3, 0.4) is 0 Å². The van der Waals surface area contributed by atoms with Crippen molar-refractivity contribution in [3.05, 3.63) is 34.9 Å². The minimum absolute atomic E-state index is 0.0714. The lowest BCUT2D eigenvalue weighted by Crippen LogP contribution is -2.45. The van der Waals surface area contributed by atoms with Crippen LogP contribution in [-0.2, 0) is 4.79 Å². The maximum absolute atomic E-state index is 12.3. The van der Waals surface area contributed by atoms with Crippen molar-refractivity contribution in [1.29, 1.82) is 0 Å². The lowest BCUT2D eigenvalue weighted by Gasteiger charge is -2.23. The molecule has 0 bridgehead atoms. The van der Waals surface area contributed by atoms with Crippen LogP contribution < -0.4 is 0 Å². The summed E-state index contributed by atoms with van der Waals surface area (Å²) in [5.41, 5.74) is 1.45. The van der Waals surface area contributed by atoms with E-state index >= 15 is 0 Å². The zero-order valence-electron chi connectivity index (χ0n) is 11.7. The van der Waals surface area contributed by atoms with E-state index in [9.17, 15) is 19.5 Å². The molecule has 0 saturated heterocycles. The number of nitrogens with zero attached hydrogens (tertiary/aromatic N) is 1. The number of carbonyl (C=O) groups is 3. The van der Waals surface area contributed by atoms with Gasteiger partial charge in [0.15, 0.2) is 0 Å². The predicted molar refractivity (Wildman–Crippen MR) is 72.6 cm³/mol. The third-order valence-corrected chi connectivity index (χ3v) is 3.36. The van der Waals surface area contributed by atoms with Crippen LogP contribution in [0.4, 0.5) is 0 Å². The van der Waals surface area contributed by atoms with E-state index in [1.54, 1.807) is 18.2 Å². The van der Waals surface area contributed by atoms with Gasteiger partial charge in [-0.15, -0.1) is 0 Å². The summed E-state index contributed by atoms with van der Waals surface area (Å²) in [6.45, 7) is 5.54. The Morgan fingerprint density at radius 3 is 2.35 bits per heavy atom. The van der Waals surface area contributed by atoms with E-state index in [-0.39, 0.29) is 17.9 Å². The first kappa shape index (κ1) is 14.2. The Morgan fingerprint density at radius 2 is 1.80 bits per heavy atom. The first-order valence-corrected chi connectivity index (χ1v) is 6.54. The first-order valence-electron chi connectivity index (χ1n) is 6.54. The Labute approximate surface area is 117 Å². The van der Waals surface area contributed by atoms with Gasteiger partial charge in [0.2, 0.25) is 0 Å². The molecule has 1 aromatic carbocycles. The van der Waals surface area contributed by atoms with Crippen molar-refractivity contribution in [1.82, 2.24) is 4.90 Å². The molecule has 1 aliphatic rings.